The van der Waals surface area contributed by atoms with Gasteiger partial charge in [-0.3, -0.25) is 15.2 Å². The molecule has 2 atom stereocenters. The van der Waals surface area contributed by atoms with Crippen LogP contribution in [0.3, 0.4) is 0 Å². The largest absolute Gasteiger partial charge is 0.303 e. The topological polar surface area (TPSA) is 57.1 Å². The number of likely N-dealkylation sites (N-methyl/N-ethyl adjacent to an activating group) is 1. The molecule has 156 valence electrons. The van der Waals surface area contributed by atoms with Crippen LogP contribution in [0.15, 0.2) is 73.1 Å². The van der Waals surface area contributed by atoms with E-state index in [9.17, 15) is 4.79 Å². The Morgan fingerprint density at radius 3 is 2.39 bits per heavy atom. The van der Waals surface area contributed by atoms with Crippen molar-refractivity contribution in [2.75, 3.05) is 7.05 Å². The molecule has 0 radical (unpaired) electrons. The van der Waals surface area contributed by atoms with Crippen molar-refractivity contribution in [1.82, 2.24) is 9.88 Å². The molecule has 4 nitrogen and oxygen atoms in total. The Labute approximate surface area is 183 Å². The average Bonchev–Trinajstić information content (AvgIpc) is 3.64. The Balaban J connectivity index is 1.60. The number of amides is 1. The molecule has 0 spiro atoms. The molecule has 3 aromatic rings. The van der Waals surface area contributed by atoms with Crippen molar-refractivity contribution in [2.24, 2.45) is 0 Å². The lowest BCUT2D eigenvalue weighted by Gasteiger charge is -2.45. The minimum Gasteiger partial charge on any atom is -0.303 e. The van der Waals surface area contributed by atoms with Gasteiger partial charge in [-0.2, -0.15) is 0 Å². The van der Waals surface area contributed by atoms with Gasteiger partial charge in [0.25, 0.3) is 0 Å². The van der Waals surface area contributed by atoms with Crippen LogP contribution < -0.4 is 0 Å². The molecule has 0 unspecified atom stereocenters. The van der Waals surface area contributed by atoms with E-state index in [-0.39, 0.29) is 11.8 Å². The van der Waals surface area contributed by atoms with Gasteiger partial charge < -0.3 is 4.90 Å². The Kier molecular flexibility index (Phi) is 4.73. The van der Waals surface area contributed by atoms with Crippen LogP contribution in [-0.4, -0.2) is 28.7 Å². The number of carbonyl (C=O) groups excluding carboxylic acids is 1. The number of nitrogens with zero attached hydrogens (tertiary/aromatic N) is 2. The number of hydrogen-bond acceptors (Lipinski definition) is 3. The molecule has 1 aliphatic heterocycles. The molecule has 1 saturated carbocycles. The van der Waals surface area contributed by atoms with Crippen molar-refractivity contribution in [1.29, 1.82) is 5.41 Å². The number of nitrogens with one attached hydrogen (secondary N) is 1. The third-order valence-electron chi connectivity index (χ3n) is 6.99. The molecule has 2 aromatic carbocycles. The number of piperidine rings is 1. The van der Waals surface area contributed by atoms with E-state index >= 15 is 0 Å². The maximum absolute atomic E-state index is 13.5. The number of hydrogen-bond donors (Lipinski definition) is 1. The molecule has 2 fully saturated rings. The molecule has 1 saturated heterocycles. The number of rotatable bonds is 4. The first-order chi connectivity index (χ1) is 15.0. The zero-order valence-electron chi connectivity index (χ0n) is 18.0. The number of carbonyl (C=O) groups is 1. The van der Waals surface area contributed by atoms with Gasteiger partial charge >= 0.3 is 0 Å². The Bertz CT molecular complexity index is 1130. The van der Waals surface area contributed by atoms with Gasteiger partial charge in [0.2, 0.25) is 5.91 Å². The highest BCUT2D eigenvalue weighted by Crippen LogP contribution is 2.47. The molecular weight excluding hydrogens is 382 g/mol. The van der Waals surface area contributed by atoms with E-state index in [0.717, 1.165) is 22.3 Å². The Hall–Kier alpha value is -3.27. The molecule has 0 bridgehead atoms. The summed E-state index contributed by atoms with van der Waals surface area (Å²) in [5.41, 5.74) is 5.10. The van der Waals surface area contributed by atoms with Crippen molar-refractivity contribution < 1.29 is 4.79 Å². The summed E-state index contributed by atoms with van der Waals surface area (Å²) in [5.74, 6) is 0.716. The average molecular weight is 410 g/mol. The predicted octanol–water partition coefficient (Wildman–Crippen LogP) is 5.51. The lowest BCUT2D eigenvalue weighted by molar-refractivity contribution is -0.131. The van der Waals surface area contributed by atoms with Crippen molar-refractivity contribution in [3.05, 3.63) is 89.7 Å². The van der Waals surface area contributed by atoms with Gasteiger partial charge in [-0.15, -0.1) is 0 Å². The van der Waals surface area contributed by atoms with E-state index in [1.807, 2.05) is 24.4 Å². The van der Waals surface area contributed by atoms with Crippen molar-refractivity contribution in [3.8, 4) is 11.1 Å². The van der Waals surface area contributed by atoms with E-state index in [4.69, 9.17) is 5.41 Å². The third-order valence-corrected chi connectivity index (χ3v) is 6.99. The van der Waals surface area contributed by atoms with Gasteiger partial charge in [-0.1, -0.05) is 61.5 Å². The fourth-order valence-corrected chi connectivity index (χ4v) is 4.91. The monoisotopic (exact) mass is 409 g/mol. The number of likely N-dealkylation sites (tertiary alicyclic amines) is 1. The summed E-state index contributed by atoms with van der Waals surface area (Å²) >= 11 is 0. The second-order valence-electron chi connectivity index (χ2n) is 9.13. The fraction of sp³-hybridized carbons (Fsp3) is 0.296. The molecular formula is C27H27N3O. The highest BCUT2D eigenvalue weighted by Gasteiger charge is 2.48. The Morgan fingerprint density at radius 2 is 1.71 bits per heavy atom. The quantitative estimate of drug-likeness (QED) is 0.618. The standard InChI is InChI=1S/C27H27N3O/c1-27(23-7-3-5-21(15-23)22-6-4-14-29-17-22)16-24(28)30(2)26(31)25(27)20-12-10-19(11-13-20)18-8-9-18/h3-7,10-15,17-18,25,28H,8-9,16H2,1-2H3/t25-,27+/m0/s1. The highest BCUT2D eigenvalue weighted by molar-refractivity contribution is 6.04. The zero-order chi connectivity index (χ0) is 21.6. The van der Waals surface area contributed by atoms with Gasteiger partial charge in [-0.05, 0) is 52.6 Å². The normalized spacial score (nSPS) is 23.8. The third kappa shape index (κ3) is 3.46. The van der Waals surface area contributed by atoms with E-state index in [0.29, 0.717) is 18.2 Å². The summed E-state index contributed by atoms with van der Waals surface area (Å²) in [7, 11) is 1.72. The molecule has 1 aromatic heterocycles. The second kappa shape index (κ2) is 7.45. The van der Waals surface area contributed by atoms with Crippen LogP contribution in [0.1, 0.15) is 54.7 Å². The first-order valence-corrected chi connectivity index (χ1v) is 10.9. The molecule has 31 heavy (non-hydrogen) atoms. The van der Waals surface area contributed by atoms with Crippen LogP contribution in [0.2, 0.25) is 0 Å². The SMILES string of the molecule is CN1C(=N)C[C@](C)(c2cccc(-c3cccnc3)c2)[C@@H](c2ccc(C3CC3)cc2)C1=O. The number of pyridine rings is 1. The van der Waals surface area contributed by atoms with Crippen molar-refractivity contribution in [2.45, 2.75) is 43.4 Å². The van der Waals surface area contributed by atoms with Crippen LogP contribution >= 0.6 is 0 Å². The summed E-state index contributed by atoms with van der Waals surface area (Å²) in [5, 5.41) is 8.49. The van der Waals surface area contributed by atoms with E-state index in [2.05, 4.69) is 54.4 Å². The fourth-order valence-electron chi connectivity index (χ4n) is 4.91. The van der Waals surface area contributed by atoms with Crippen LogP contribution in [0.5, 0.6) is 0 Å². The maximum atomic E-state index is 13.5. The van der Waals surface area contributed by atoms with Crippen molar-refractivity contribution >= 4 is 11.7 Å². The number of amidine groups is 1. The second-order valence-corrected chi connectivity index (χ2v) is 9.13. The lowest BCUT2D eigenvalue weighted by atomic mass is 9.64. The van der Waals surface area contributed by atoms with E-state index < -0.39 is 5.41 Å². The minimum atomic E-state index is -0.500. The van der Waals surface area contributed by atoms with Crippen LogP contribution in [0, 0.1) is 5.41 Å². The van der Waals surface area contributed by atoms with Gasteiger partial charge in [0.05, 0.1) is 5.92 Å². The summed E-state index contributed by atoms with van der Waals surface area (Å²) in [4.78, 5) is 19.3. The first kappa shape index (κ1) is 19.7. The minimum absolute atomic E-state index is 0.00953. The van der Waals surface area contributed by atoms with Gasteiger partial charge in [0.1, 0.15) is 5.84 Å². The number of aromatic nitrogens is 1. The van der Waals surface area contributed by atoms with Crippen LogP contribution in [-0.2, 0) is 10.2 Å². The first-order valence-electron chi connectivity index (χ1n) is 10.9. The Morgan fingerprint density at radius 1 is 1.00 bits per heavy atom. The van der Waals surface area contributed by atoms with Gasteiger partial charge in [0.15, 0.2) is 0 Å². The number of benzene rings is 2. The lowest BCUT2D eigenvalue weighted by Crippen LogP contribution is -2.52. The molecule has 1 amide bonds. The van der Waals surface area contributed by atoms with E-state index in [1.165, 1.54) is 23.3 Å². The molecule has 4 heteroatoms. The summed E-state index contributed by atoms with van der Waals surface area (Å²) in [6.07, 6.45) is 6.67. The molecule has 1 N–H and O–H groups in total. The summed E-state index contributed by atoms with van der Waals surface area (Å²) in [6.45, 7) is 2.13. The van der Waals surface area contributed by atoms with Crippen molar-refractivity contribution in [3.63, 3.8) is 0 Å². The highest BCUT2D eigenvalue weighted by atomic mass is 16.2. The predicted molar refractivity (Wildman–Crippen MR) is 123 cm³/mol. The zero-order valence-corrected chi connectivity index (χ0v) is 18.0. The molecule has 2 aliphatic rings. The summed E-state index contributed by atoms with van der Waals surface area (Å²) < 4.78 is 0. The van der Waals surface area contributed by atoms with Crippen LogP contribution in [0.25, 0.3) is 11.1 Å². The summed E-state index contributed by atoms with van der Waals surface area (Å²) in [6, 6.07) is 21.0. The smallest absolute Gasteiger partial charge is 0.236 e. The van der Waals surface area contributed by atoms with E-state index in [1.54, 1.807) is 13.2 Å². The molecule has 2 heterocycles. The maximum Gasteiger partial charge on any atom is 0.236 e. The molecule has 1 aliphatic carbocycles. The van der Waals surface area contributed by atoms with Crippen LogP contribution in [0.4, 0.5) is 0 Å². The van der Waals surface area contributed by atoms with Gasteiger partial charge in [0, 0.05) is 31.3 Å². The van der Waals surface area contributed by atoms with Gasteiger partial charge in [-0.25, -0.2) is 0 Å². The molecule has 5 rings (SSSR count).